The monoisotopic (exact) mass is 254 g/mol. The van der Waals surface area contributed by atoms with Crippen molar-refractivity contribution in [2.45, 2.75) is 25.4 Å². The number of nitrogens with two attached hydrogens (primary N) is 1. The molecule has 1 aromatic carbocycles. The second-order valence-corrected chi connectivity index (χ2v) is 4.74. The van der Waals surface area contributed by atoms with Gasteiger partial charge in [0, 0.05) is 25.7 Å². The quantitative estimate of drug-likeness (QED) is 0.810. The highest BCUT2D eigenvalue weighted by molar-refractivity contribution is 5.19. The molecule has 18 heavy (non-hydrogen) atoms. The first kappa shape index (κ1) is 15.1. The third kappa shape index (κ3) is 4.72. The van der Waals surface area contributed by atoms with Gasteiger partial charge in [0.2, 0.25) is 0 Å². The van der Waals surface area contributed by atoms with Crippen molar-refractivity contribution >= 4 is 0 Å². The van der Waals surface area contributed by atoms with Crippen LogP contribution < -0.4 is 5.73 Å². The Hall–Kier alpha value is -0.970. The van der Waals surface area contributed by atoms with Gasteiger partial charge in [-0.1, -0.05) is 12.1 Å². The van der Waals surface area contributed by atoms with Crippen LogP contribution in [0.5, 0.6) is 0 Å². The molecule has 0 fully saturated rings. The molecule has 3 nitrogen and oxygen atoms in total. The van der Waals surface area contributed by atoms with Crippen LogP contribution in [-0.2, 0) is 4.74 Å². The van der Waals surface area contributed by atoms with Gasteiger partial charge in [-0.05, 0) is 38.1 Å². The predicted molar refractivity (Wildman–Crippen MR) is 71.9 cm³/mol. The lowest BCUT2D eigenvalue weighted by atomic mass is 10.0. The molecule has 0 aromatic heterocycles. The fourth-order valence-corrected chi connectivity index (χ4v) is 1.84. The highest BCUT2D eigenvalue weighted by atomic mass is 19.1. The summed E-state index contributed by atoms with van der Waals surface area (Å²) < 4.78 is 18.2. The van der Waals surface area contributed by atoms with E-state index < -0.39 is 0 Å². The number of nitrogens with zero attached hydrogens (tertiary/aromatic N) is 1. The number of benzene rings is 1. The third-order valence-corrected chi connectivity index (χ3v) is 3.23. The Morgan fingerprint density at radius 2 is 2.17 bits per heavy atom. The molecule has 0 saturated heterocycles. The minimum absolute atomic E-state index is 0.127. The van der Waals surface area contributed by atoms with Crippen molar-refractivity contribution in [3.05, 3.63) is 35.6 Å². The number of rotatable bonds is 7. The van der Waals surface area contributed by atoms with Crippen LogP contribution in [0.2, 0.25) is 0 Å². The van der Waals surface area contributed by atoms with Gasteiger partial charge in [0.1, 0.15) is 5.82 Å². The van der Waals surface area contributed by atoms with Gasteiger partial charge in [-0.2, -0.15) is 0 Å². The van der Waals surface area contributed by atoms with E-state index in [-0.39, 0.29) is 11.9 Å². The normalized spacial score (nSPS) is 14.8. The predicted octanol–water partition coefficient (Wildman–Crippen LogP) is 2.18. The van der Waals surface area contributed by atoms with E-state index in [1.807, 2.05) is 13.1 Å². The molecule has 0 radical (unpaired) electrons. The van der Waals surface area contributed by atoms with E-state index in [1.54, 1.807) is 13.2 Å². The Bertz CT molecular complexity index is 359. The van der Waals surface area contributed by atoms with Crippen LogP contribution in [0.15, 0.2) is 24.3 Å². The van der Waals surface area contributed by atoms with Crippen molar-refractivity contribution < 1.29 is 9.13 Å². The fraction of sp³-hybridized carbons (Fsp3) is 0.571. The highest BCUT2D eigenvalue weighted by Crippen LogP contribution is 2.15. The molecular weight excluding hydrogens is 231 g/mol. The van der Waals surface area contributed by atoms with Gasteiger partial charge in [0.15, 0.2) is 0 Å². The summed E-state index contributed by atoms with van der Waals surface area (Å²) in [5.74, 6) is -0.232. The Labute approximate surface area is 109 Å². The smallest absolute Gasteiger partial charge is 0.123 e. The summed E-state index contributed by atoms with van der Waals surface area (Å²) in [6.07, 6.45) is 0.800. The van der Waals surface area contributed by atoms with E-state index in [9.17, 15) is 4.39 Å². The van der Waals surface area contributed by atoms with Crippen molar-refractivity contribution in [2.75, 3.05) is 27.3 Å². The largest absolute Gasteiger partial charge is 0.383 e. The zero-order chi connectivity index (χ0) is 13.5. The van der Waals surface area contributed by atoms with Gasteiger partial charge in [-0.25, -0.2) is 4.39 Å². The summed E-state index contributed by atoms with van der Waals surface area (Å²) in [5.41, 5.74) is 6.91. The Morgan fingerprint density at radius 3 is 2.78 bits per heavy atom. The molecule has 0 saturated carbocycles. The minimum atomic E-state index is -0.232. The standard InChI is InChI=1S/C14H23FN2O/c1-11(10-18-3)17(2)8-7-14(16)12-5-4-6-13(15)9-12/h4-6,9,11,14H,7-8,10,16H2,1-3H3. The number of hydrogen-bond acceptors (Lipinski definition) is 3. The Kier molecular flexibility index (Phi) is 6.25. The number of likely N-dealkylation sites (N-methyl/N-ethyl adjacent to an activating group) is 1. The van der Waals surface area contributed by atoms with Gasteiger partial charge in [-0.3, -0.25) is 0 Å². The highest BCUT2D eigenvalue weighted by Gasteiger charge is 2.12. The first-order valence-electron chi connectivity index (χ1n) is 6.24. The molecule has 0 spiro atoms. The molecule has 0 heterocycles. The zero-order valence-corrected chi connectivity index (χ0v) is 11.4. The van der Waals surface area contributed by atoms with Crippen molar-refractivity contribution in [2.24, 2.45) is 5.73 Å². The van der Waals surface area contributed by atoms with Crippen LogP contribution >= 0.6 is 0 Å². The molecule has 0 aliphatic carbocycles. The SMILES string of the molecule is COCC(C)N(C)CCC(N)c1cccc(F)c1. The first-order valence-corrected chi connectivity index (χ1v) is 6.24. The zero-order valence-electron chi connectivity index (χ0n) is 11.4. The molecule has 0 amide bonds. The summed E-state index contributed by atoms with van der Waals surface area (Å²) in [6.45, 7) is 3.67. The van der Waals surface area contributed by atoms with E-state index in [0.717, 1.165) is 18.5 Å². The fourth-order valence-electron chi connectivity index (χ4n) is 1.84. The molecule has 1 rings (SSSR count). The van der Waals surface area contributed by atoms with Gasteiger partial charge in [-0.15, -0.1) is 0 Å². The second-order valence-electron chi connectivity index (χ2n) is 4.74. The molecule has 0 bridgehead atoms. The van der Waals surface area contributed by atoms with Crippen LogP contribution in [0.4, 0.5) is 4.39 Å². The Morgan fingerprint density at radius 1 is 1.44 bits per heavy atom. The topological polar surface area (TPSA) is 38.5 Å². The summed E-state index contributed by atoms with van der Waals surface area (Å²) in [5, 5.41) is 0. The van der Waals surface area contributed by atoms with E-state index in [1.165, 1.54) is 12.1 Å². The lowest BCUT2D eigenvalue weighted by molar-refractivity contribution is 0.114. The molecule has 0 aliphatic heterocycles. The van der Waals surface area contributed by atoms with E-state index in [2.05, 4.69) is 11.8 Å². The van der Waals surface area contributed by atoms with Crippen LogP contribution in [0, 0.1) is 5.82 Å². The third-order valence-electron chi connectivity index (χ3n) is 3.23. The lowest BCUT2D eigenvalue weighted by Crippen LogP contribution is -2.34. The van der Waals surface area contributed by atoms with E-state index >= 15 is 0 Å². The van der Waals surface area contributed by atoms with Crippen molar-refractivity contribution in [1.29, 1.82) is 0 Å². The van der Waals surface area contributed by atoms with Crippen molar-refractivity contribution in [3.63, 3.8) is 0 Å². The Balaban J connectivity index is 2.43. The molecule has 0 aliphatic rings. The summed E-state index contributed by atoms with van der Waals surface area (Å²) in [6, 6.07) is 6.73. The molecule has 102 valence electrons. The van der Waals surface area contributed by atoms with E-state index in [4.69, 9.17) is 10.5 Å². The number of ether oxygens (including phenoxy) is 1. The van der Waals surface area contributed by atoms with Gasteiger partial charge in [0.25, 0.3) is 0 Å². The molecule has 2 N–H and O–H groups in total. The molecule has 2 atom stereocenters. The van der Waals surface area contributed by atoms with Crippen molar-refractivity contribution in [1.82, 2.24) is 4.90 Å². The van der Waals surface area contributed by atoms with Crippen LogP contribution in [-0.4, -0.2) is 38.3 Å². The average molecular weight is 254 g/mol. The lowest BCUT2D eigenvalue weighted by Gasteiger charge is -2.25. The maximum Gasteiger partial charge on any atom is 0.123 e. The summed E-state index contributed by atoms with van der Waals surface area (Å²) in [4.78, 5) is 2.20. The van der Waals surface area contributed by atoms with Crippen LogP contribution in [0.3, 0.4) is 0 Å². The van der Waals surface area contributed by atoms with Crippen LogP contribution in [0.25, 0.3) is 0 Å². The first-order chi connectivity index (χ1) is 8.54. The molecule has 1 aromatic rings. The molecular formula is C14H23FN2O. The van der Waals surface area contributed by atoms with Crippen molar-refractivity contribution in [3.8, 4) is 0 Å². The van der Waals surface area contributed by atoms with Gasteiger partial charge >= 0.3 is 0 Å². The van der Waals surface area contributed by atoms with Gasteiger partial charge < -0.3 is 15.4 Å². The average Bonchev–Trinajstić information content (AvgIpc) is 2.35. The number of halogens is 1. The second kappa shape index (κ2) is 7.46. The maximum atomic E-state index is 13.1. The minimum Gasteiger partial charge on any atom is -0.383 e. The number of hydrogen-bond donors (Lipinski definition) is 1. The summed E-state index contributed by atoms with van der Waals surface area (Å²) in [7, 11) is 3.74. The van der Waals surface area contributed by atoms with Gasteiger partial charge in [0.05, 0.1) is 6.61 Å². The van der Waals surface area contributed by atoms with E-state index in [0.29, 0.717) is 12.6 Å². The molecule has 4 heteroatoms. The van der Waals surface area contributed by atoms with Crippen LogP contribution in [0.1, 0.15) is 24.9 Å². The number of methoxy groups -OCH3 is 1. The maximum absolute atomic E-state index is 13.1. The molecule has 2 unspecified atom stereocenters. The summed E-state index contributed by atoms with van der Waals surface area (Å²) >= 11 is 0.